The van der Waals surface area contributed by atoms with Gasteiger partial charge in [-0.15, -0.1) is 0 Å². The van der Waals surface area contributed by atoms with Crippen molar-refractivity contribution >= 4 is 12.0 Å². The van der Waals surface area contributed by atoms with Crippen molar-refractivity contribution < 1.29 is 18.0 Å². The zero-order valence-corrected chi connectivity index (χ0v) is 19.6. The summed E-state index contributed by atoms with van der Waals surface area (Å²) < 4.78 is 37.1. The molecular formula is C28H28F3N3O. The van der Waals surface area contributed by atoms with Crippen LogP contribution in [0.4, 0.5) is 13.2 Å². The molecule has 35 heavy (non-hydrogen) atoms. The Balaban J connectivity index is 1.22. The number of halogens is 3. The van der Waals surface area contributed by atoms with E-state index < -0.39 is 24.0 Å². The summed E-state index contributed by atoms with van der Waals surface area (Å²) in [6, 6.07) is 17.8. The van der Waals surface area contributed by atoms with Gasteiger partial charge >= 0.3 is 6.18 Å². The minimum atomic E-state index is -4.45. The first-order chi connectivity index (χ1) is 16.7. The Kier molecular flexibility index (Phi) is 5.76. The first-order valence-electron chi connectivity index (χ1n) is 12.1. The van der Waals surface area contributed by atoms with E-state index in [1.807, 2.05) is 5.32 Å². The number of amides is 1. The van der Waals surface area contributed by atoms with Gasteiger partial charge < -0.3 is 5.32 Å². The maximum atomic E-state index is 12.4. The number of fused-ring (bicyclic) bond motifs is 2. The maximum absolute atomic E-state index is 12.4. The van der Waals surface area contributed by atoms with Crippen LogP contribution in [0.3, 0.4) is 0 Å². The predicted molar refractivity (Wildman–Crippen MR) is 128 cm³/mol. The van der Waals surface area contributed by atoms with Gasteiger partial charge in [-0.2, -0.15) is 18.4 Å². The first kappa shape index (κ1) is 23.6. The summed E-state index contributed by atoms with van der Waals surface area (Å²) in [5.74, 6) is -0.312. The molecule has 2 aliphatic carbocycles. The van der Waals surface area contributed by atoms with E-state index in [-0.39, 0.29) is 11.0 Å². The van der Waals surface area contributed by atoms with E-state index in [9.17, 15) is 23.2 Å². The summed E-state index contributed by atoms with van der Waals surface area (Å²) in [6.45, 7) is 2.91. The molecule has 1 spiro atoms. The molecule has 1 N–H and O–H groups in total. The third kappa shape index (κ3) is 4.14. The average molecular weight is 480 g/mol. The second-order valence-corrected chi connectivity index (χ2v) is 10.2. The highest BCUT2D eigenvalue weighted by molar-refractivity contribution is 5.94. The number of piperidine rings is 1. The van der Waals surface area contributed by atoms with E-state index in [4.69, 9.17) is 0 Å². The molecule has 0 radical (unpaired) electrons. The number of nitrogens with zero attached hydrogens (tertiary/aromatic N) is 2. The molecule has 1 heterocycles. The number of nitrogens with one attached hydrogen (secondary N) is 1. The predicted octanol–water partition coefficient (Wildman–Crippen LogP) is 5.21. The lowest BCUT2D eigenvalue weighted by atomic mass is 9.60. The fraction of sp³-hybridized carbons (Fsp3) is 0.429. The Morgan fingerprint density at radius 1 is 1.17 bits per heavy atom. The molecule has 1 aliphatic heterocycles. The molecule has 3 aliphatic rings. The van der Waals surface area contributed by atoms with Crippen molar-refractivity contribution in [3.05, 3.63) is 76.9 Å². The molecule has 5 rings (SSSR count). The quantitative estimate of drug-likeness (QED) is 0.655. The van der Waals surface area contributed by atoms with Crippen LogP contribution < -0.4 is 5.32 Å². The highest BCUT2D eigenvalue weighted by atomic mass is 19.4. The summed E-state index contributed by atoms with van der Waals surface area (Å²) in [6.07, 6.45) is 2.67. The molecule has 1 saturated carbocycles. The molecule has 2 fully saturated rings. The molecule has 1 amide bonds. The molecular weight excluding hydrogens is 451 g/mol. The van der Waals surface area contributed by atoms with Gasteiger partial charge in [0.25, 0.3) is 5.91 Å². The third-order valence-corrected chi connectivity index (χ3v) is 8.27. The highest BCUT2D eigenvalue weighted by Gasteiger charge is 2.51. The van der Waals surface area contributed by atoms with Gasteiger partial charge in [-0.3, -0.25) is 9.69 Å². The fourth-order valence-electron chi connectivity index (χ4n) is 6.17. The molecule has 2 unspecified atom stereocenters. The summed E-state index contributed by atoms with van der Waals surface area (Å²) in [4.78, 5) is 14.5. The van der Waals surface area contributed by atoms with Gasteiger partial charge in [0.2, 0.25) is 0 Å². The van der Waals surface area contributed by atoms with Crippen LogP contribution in [0.15, 0.2) is 54.6 Å². The van der Waals surface area contributed by atoms with Gasteiger partial charge in [0.05, 0.1) is 11.5 Å². The topological polar surface area (TPSA) is 56.1 Å². The van der Waals surface area contributed by atoms with E-state index in [0.29, 0.717) is 12.0 Å². The van der Waals surface area contributed by atoms with Gasteiger partial charge in [0.1, 0.15) is 6.54 Å². The van der Waals surface area contributed by atoms with Crippen molar-refractivity contribution in [1.82, 2.24) is 10.2 Å². The Labute approximate surface area is 203 Å². The maximum Gasteiger partial charge on any atom is 0.405 e. The smallest absolute Gasteiger partial charge is 0.343 e. The minimum Gasteiger partial charge on any atom is -0.343 e. The molecule has 2 aromatic carbocycles. The molecule has 0 bridgehead atoms. The second-order valence-electron chi connectivity index (χ2n) is 10.2. The lowest BCUT2D eigenvalue weighted by Crippen LogP contribution is -2.58. The number of nitriles is 1. The Bertz CT molecular complexity index is 1190. The van der Waals surface area contributed by atoms with Crippen LogP contribution in [0.5, 0.6) is 0 Å². The number of benzene rings is 2. The van der Waals surface area contributed by atoms with Crippen LogP contribution in [0.1, 0.15) is 53.2 Å². The van der Waals surface area contributed by atoms with E-state index in [0.717, 1.165) is 37.9 Å². The summed E-state index contributed by atoms with van der Waals surface area (Å²) >= 11 is 0. The number of carbonyl (C=O) groups excluding carboxylic acids is 1. The van der Waals surface area contributed by atoms with E-state index in [1.165, 1.54) is 23.3 Å². The van der Waals surface area contributed by atoms with E-state index in [2.05, 4.69) is 54.3 Å². The van der Waals surface area contributed by atoms with E-state index in [1.54, 1.807) is 12.1 Å². The highest BCUT2D eigenvalue weighted by Crippen LogP contribution is 2.51. The Morgan fingerprint density at radius 3 is 2.54 bits per heavy atom. The van der Waals surface area contributed by atoms with Gasteiger partial charge in [-0.25, -0.2) is 0 Å². The Hall–Kier alpha value is -3.11. The van der Waals surface area contributed by atoms with Crippen LogP contribution in [-0.2, 0) is 10.8 Å². The van der Waals surface area contributed by atoms with Crippen molar-refractivity contribution in [2.24, 2.45) is 5.92 Å². The number of rotatable bonds is 4. The van der Waals surface area contributed by atoms with Crippen LogP contribution in [0.25, 0.3) is 6.08 Å². The average Bonchev–Trinajstić information content (AvgIpc) is 3.19. The van der Waals surface area contributed by atoms with Gasteiger partial charge in [-0.05, 0) is 60.5 Å². The van der Waals surface area contributed by atoms with Crippen LogP contribution in [-0.4, -0.2) is 42.7 Å². The normalized spacial score (nSPS) is 29.9. The molecule has 4 nitrogen and oxygen atoms in total. The number of hydrogen-bond acceptors (Lipinski definition) is 3. The molecule has 0 aromatic heterocycles. The lowest BCUT2D eigenvalue weighted by Gasteiger charge is -2.53. The second kappa shape index (κ2) is 8.53. The standard InChI is InChI=1S/C28H28F3N3O/c1-19-16-34(13-12-27(19)11-10-20-4-2-3-5-24(20)27)23-14-26(15-23,17-32)22-8-6-21(7-9-22)25(35)33-18-28(29,30)31/h2-11,19,23H,12-16,18H2,1H3,(H,33,35). The van der Waals surface area contributed by atoms with Crippen LogP contribution >= 0.6 is 0 Å². The summed E-state index contributed by atoms with van der Waals surface area (Å²) in [5.41, 5.74) is 3.18. The zero-order chi connectivity index (χ0) is 24.8. The fourth-order valence-corrected chi connectivity index (χ4v) is 6.17. The monoisotopic (exact) mass is 479 g/mol. The zero-order valence-electron chi connectivity index (χ0n) is 19.6. The van der Waals surface area contributed by atoms with Crippen molar-refractivity contribution in [1.29, 1.82) is 5.26 Å². The first-order valence-corrected chi connectivity index (χ1v) is 12.1. The molecule has 2 aromatic rings. The van der Waals surface area contributed by atoms with Crippen LogP contribution in [0, 0.1) is 17.2 Å². The van der Waals surface area contributed by atoms with Gasteiger partial charge in [0.15, 0.2) is 0 Å². The molecule has 1 saturated heterocycles. The van der Waals surface area contributed by atoms with Crippen molar-refractivity contribution in [2.45, 2.75) is 49.2 Å². The van der Waals surface area contributed by atoms with Crippen molar-refractivity contribution in [2.75, 3.05) is 19.6 Å². The number of likely N-dealkylation sites (tertiary alicyclic amines) is 1. The number of allylic oxidation sites excluding steroid dienone is 1. The van der Waals surface area contributed by atoms with Gasteiger partial charge in [0, 0.05) is 23.6 Å². The molecule has 7 heteroatoms. The summed E-state index contributed by atoms with van der Waals surface area (Å²) in [5, 5.41) is 11.9. The molecule has 182 valence electrons. The Morgan fingerprint density at radius 2 is 1.89 bits per heavy atom. The number of carbonyl (C=O) groups is 1. The largest absolute Gasteiger partial charge is 0.405 e. The number of hydrogen-bond donors (Lipinski definition) is 1. The van der Waals surface area contributed by atoms with E-state index >= 15 is 0 Å². The minimum absolute atomic E-state index is 0.0890. The molecule has 2 atom stereocenters. The number of alkyl halides is 3. The third-order valence-electron chi connectivity index (χ3n) is 8.27. The lowest BCUT2D eigenvalue weighted by molar-refractivity contribution is -0.123. The van der Waals surface area contributed by atoms with Crippen molar-refractivity contribution in [3.8, 4) is 6.07 Å². The summed E-state index contributed by atoms with van der Waals surface area (Å²) in [7, 11) is 0. The van der Waals surface area contributed by atoms with Crippen molar-refractivity contribution in [3.63, 3.8) is 0 Å². The SMILES string of the molecule is CC1CN(C2CC(C#N)(c3ccc(C(=O)NCC(F)(F)F)cc3)C2)CCC12C=Cc1ccccc12. The van der Waals surface area contributed by atoms with Crippen LogP contribution in [0.2, 0.25) is 0 Å². The van der Waals surface area contributed by atoms with Gasteiger partial charge in [-0.1, -0.05) is 55.5 Å².